The van der Waals surface area contributed by atoms with Crippen LogP contribution in [-0.4, -0.2) is 42.5 Å². The number of amides is 2. The fraction of sp³-hybridized carbons (Fsp3) is 0.444. The van der Waals surface area contributed by atoms with Gasteiger partial charge in [0.15, 0.2) is 0 Å². The Kier molecular flexibility index (Phi) is 6.25. The molecule has 2 amide bonds. The fourth-order valence-corrected chi connectivity index (χ4v) is 3.57. The Balaban J connectivity index is 1.37. The standard InChI is InChI=1S/C18H22N2O4S/c21-17(19-8-4-10-23-13-14-5-2-11-24-14)15-6-1-9-20(15)18(22)16-7-3-12-25-16/h2-3,5,7,11-12,15H,1,4,6,8-10,13H2,(H,19,21)/t15-/m0/s1. The number of ether oxygens (including phenoxy) is 1. The molecule has 0 unspecified atom stereocenters. The highest BCUT2D eigenvalue weighted by Gasteiger charge is 2.34. The SMILES string of the molecule is O=C(NCCCOCc1ccco1)[C@@H]1CCCN1C(=O)c1cccs1. The minimum atomic E-state index is -0.362. The highest BCUT2D eigenvalue weighted by molar-refractivity contribution is 7.12. The van der Waals surface area contributed by atoms with Gasteiger partial charge in [-0.05, 0) is 42.8 Å². The lowest BCUT2D eigenvalue weighted by atomic mass is 10.2. The number of likely N-dealkylation sites (tertiary alicyclic amines) is 1. The average Bonchev–Trinajstić information content (AvgIpc) is 3.38. The molecule has 6 nitrogen and oxygen atoms in total. The average molecular weight is 362 g/mol. The van der Waals surface area contributed by atoms with E-state index in [-0.39, 0.29) is 17.9 Å². The number of nitrogens with zero attached hydrogens (tertiary/aromatic N) is 1. The van der Waals surface area contributed by atoms with Crippen molar-refractivity contribution in [3.63, 3.8) is 0 Å². The molecule has 1 atom stereocenters. The van der Waals surface area contributed by atoms with Gasteiger partial charge in [0.2, 0.25) is 5.91 Å². The second kappa shape index (κ2) is 8.82. The summed E-state index contributed by atoms with van der Waals surface area (Å²) < 4.78 is 10.7. The molecule has 3 heterocycles. The van der Waals surface area contributed by atoms with Gasteiger partial charge in [-0.1, -0.05) is 6.07 Å². The second-order valence-electron chi connectivity index (χ2n) is 5.91. The Morgan fingerprint density at radius 3 is 3.04 bits per heavy atom. The Hall–Kier alpha value is -2.12. The van der Waals surface area contributed by atoms with E-state index in [1.54, 1.807) is 17.2 Å². The van der Waals surface area contributed by atoms with E-state index in [2.05, 4.69) is 5.32 Å². The van der Waals surface area contributed by atoms with Gasteiger partial charge in [-0.15, -0.1) is 11.3 Å². The molecule has 0 bridgehead atoms. The third kappa shape index (κ3) is 4.70. The van der Waals surface area contributed by atoms with Gasteiger partial charge in [0.05, 0.1) is 11.1 Å². The number of nitrogens with one attached hydrogen (secondary N) is 1. The zero-order chi connectivity index (χ0) is 17.5. The summed E-state index contributed by atoms with van der Waals surface area (Å²) in [6.45, 7) is 2.16. The maximum Gasteiger partial charge on any atom is 0.264 e. The van der Waals surface area contributed by atoms with Crippen LogP contribution >= 0.6 is 11.3 Å². The smallest absolute Gasteiger partial charge is 0.264 e. The Morgan fingerprint density at radius 1 is 1.36 bits per heavy atom. The van der Waals surface area contributed by atoms with Crippen molar-refractivity contribution in [3.05, 3.63) is 46.5 Å². The summed E-state index contributed by atoms with van der Waals surface area (Å²) in [5.41, 5.74) is 0. The largest absolute Gasteiger partial charge is 0.467 e. The normalized spacial score (nSPS) is 17.0. The van der Waals surface area contributed by atoms with Crippen molar-refractivity contribution in [2.75, 3.05) is 19.7 Å². The molecule has 1 aliphatic rings. The number of thiophene rings is 1. The highest BCUT2D eigenvalue weighted by Crippen LogP contribution is 2.22. The Labute approximate surface area is 150 Å². The number of hydrogen-bond donors (Lipinski definition) is 1. The number of rotatable bonds is 8. The van der Waals surface area contributed by atoms with Gasteiger partial charge >= 0.3 is 0 Å². The first-order valence-corrected chi connectivity index (χ1v) is 9.36. The fourth-order valence-electron chi connectivity index (χ4n) is 2.90. The van der Waals surface area contributed by atoms with Crippen molar-refractivity contribution in [2.24, 2.45) is 0 Å². The van der Waals surface area contributed by atoms with Crippen molar-refractivity contribution in [3.8, 4) is 0 Å². The number of hydrogen-bond acceptors (Lipinski definition) is 5. The lowest BCUT2D eigenvalue weighted by Gasteiger charge is -2.23. The molecule has 0 radical (unpaired) electrons. The zero-order valence-corrected chi connectivity index (χ0v) is 14.8. The van der Waals surface area contributed by atoms with Crippen molar-refractivity contribution in [1.82, 2.24) is 10.2 Å². The number of carbonyl (C=O) groups excluding carboxylic acids is 2. The molecule has 1 fully saturated rings. The van der Waals surface area contributed by atoms with E-state index in [9.17, 15) is 9.59 Å². The van der Waals surface area contributed by atoms with Crippen LogP contribution in [0.5, 0.6) is 0 Å². The molecule has 7 heteroatoms. The van der Waals surface area contributed by atoms with E-state index in [4.69, 9.17) is 9.15 Å². The Morgan fingerprint density at radius 2 is 2.28 bits per heavy atom. The van der Waals surface area contributed by atoms with E-state index < -0.39 is 0 Å². The van der Waals surface area contributed by atoms with Crippen molar-refractivity contribution >= 4 is 23.2 Å². The van der Waals surface area contributed by atoms with Crippen LogP contribution in [0.25, 0.3) is 0 Å². The van der Waals surface area contributed by atoms with Gasteiger partial charge in [0, 0.05) is 19.7 Å². The predicted octanol–water partition coefficient (Wildman–Crippen LogP) is 2.67. The number of carbonyl (C=O) groups is 2. The van der Waals surface area contributed by atoms with Crippen LogP contribution in [0, 0.1) is 0 Å². The summed E-state index contributed by atoms with van der Waals surface area (Å²) in [5, 5.41) is 4.79. The molecule has 2 aromatic rings. The van der Waals surface area contributed by atoms with Crippen molar-refractivity contribution < 1.29 is 18.7 Å². The molecule has 0 spiro atoms. The van der Waals surface area contributed by atoms with E-state index in [1.807, 2.05) is 23.6 Å². The molecule has 1 saturated heterocycles. The van der Waals surface area contributed by atoms with Crippen LogP contribution in [0.4, 0.5) is 0 Å². The van der Waals surface area contributed by atoms with Crippen molar-refractivity contribution in [2.45, 2.75) is 31.9 Å². The Bertz CT molecular complexity index is 669. The van der Waals surface area contributed by atoms with Crippen LogP contribution in [-0.2, 0) is 16.1 Å². The molecular weight excluding hydrogens is 340 g/mol. The van der Waals surface area contributed by atoms with Crippen LogP contribution in [0.15, 0.2) is 40.3 Å². The van der Waals surface area contributed by atoms with Crippen LogP contribution in [0.3, 0.4) is 0 Å². The molecule has 2 aromatic heterocycles. The second-order valence-corrected chi connectivity index (χ2v) is 6.86. The summed E-state index contributed by atoms with van der Waals surface area (Å²) in [6, 6.07) is 6.98. The van der Waals surface area contributed by atoms with Crippen molar-refractivity contribution in [1.29, 1.82) is 0 Å². The summed E-state index contributed by atoms with van der Waals surface area (Å²) >= 11 is 1.41. The van der Waals surface area contributed by atoms with E-state index in [0.29, 0.717) is 31.2 Å². The van der Waals surface area contributed by atoms with Crippen LogP contribution in [0.1, 0.15) is 34.7 Å². The maximum atomic E-state index is 12.5. The molecular formula is C18H22N2O4S. The number of furan rings is 1. The molecule has 25 heavy (non-hydrogen) atoms. The van der Waals surface area contributed by atoms with Gasteiger partial charge < -0.3 is 19.4 Å². The van der Waals surface area contributed by atoms with Gasteiger partial charge in [0.1, 0.15) is 18.4 Å². The molecule has 134 valence electrons. The summed E-state index contributed by atoms with van der Waals surface area (Å²) in [6.07, 6.45) is 3.92. The summed E-state index contributed by atoms with van der Waals surface area (Å²) in [4.78, 5) is 27.2. The first kappa shape index (κ1) is 17.7. The minimum absolute atomic E-state index is 0.0468. The topological polar surface area (TPSA) is 71.8 Å². The minimum Gasteiger partial charge on any atom is -0.467 e. The van der Waals surface area contributed by atoms with E-state index in [1.165, 1.54) is 11.3 Å². The monoisotopic (exact) mass is 362 g/mol. The van der Waals surface area contributed by atoms with E-state index >= 15 is 0 Å². The summed E-state index contributed by atoms with van der Waals surface area (Å²) in [7, 11) is 0. The third-order valence-corrected chi connectivity index (χ3v) is 5.00. The lowest BCUT2D eigenvalue weighted by Crippen LogP contribution is -2.46. The molecule has 0 saturated carbocycles. The zero-order valence-electron chi connectivity index (χ0n) is 14.0. The molecule has 3 rings (SSSR count). The first-order valence-electron chi connectivity index (χ1n) is 8.48. The molecule has 0 aliphatic carbocycles. The molecule has 1 aliphatic heterocycles. The van der Waals surface area contributed by atoms with Gasteiger partial charge in [-0.3, -0.25) is 9.59 Å². The lowest BCUT2D eigenvalue weighted by molar-refractivity contribution is -0.124. The molecule has 0 aromatic carbocycles. The van der Waals surface area contributed by atoms with E-state index in [0.717, 1.165) is 25.0 Å². The highest BCUT2D eigenvalue weighted by atomic mass is 32.1. The van der Waals surface area contributed by atoms with Gasteiger partial charge in [-0.2, -0.15) is 0 Å². The maximum absolute atomic E-state index is 12.5. The van der Waals surface area contributed by atoms with Gasteiger partial charge in [-0.25, -0.2) is 0 Å². The third-order valence-electron chi connectivity index (χ3n) is 4.14. The predicted molar refractivity (Wildman–Crippen MR) is 94.4 cm³/mol. The van der Waals surface area contributed by atoms with Gasteiger partial charge in [0.25, 0.3) is 5.91 Å². The van der Waals surface area contributed by atoms with Crippen LogP contribution in [0.2, 0.25) is 0 Å². The van der Waals surface area contributed by atoms with Crippen LogP contribution < -0.4 is 5.32 Å². The molecule has 1 N–H and O–H groups in total. The quantitative estimate of drug-likeness (QED) is 0.733. The first-order chi connectivity index (χ1) is 12.3. The summed E-state index contributed by atoms with van der Waals surface area (Å²) in [5.74, 6) is 0.667.